The Labute approximate surface area is 215 Å². The molecule has 0 saturated heterocycles. The lowest BCUT2D eigenvalue weighted by atomic mass is 10.1. The molecule has 0 atom stereocenters. The average Bonchev–Trinajstić information content (AvgIpc) is 2.85. The van der Waals surface area contributed by atoms with Crippen LogP contribution in [0.1, 0.15) is 29.8 Å². The zero-order valence-electron chi connectivity index (χ0n) is 20.2. The number of hydrogen-bond donors (Lipinski definition) is 1. The number of nitrogens with one attached hydrogen (secondary N) is 1. The van der Waals surface area contributed by atoms with Gasteiger partial charge in [0.2, 0.25) is 5.91 Å². The minimum atomic E-state index is -4.18. The number of hydrogen-bond acceptors (Lipinski definition) is 6. The molecule has 0 heterocycles. The molecule has 3 aromatic carbocycles. The maximum Gasteiger partial charge on any atom is 0.338 e. The van der Waals surface area contributed by atoms with E-state index in [1.165, 1.54) is 24.3 Å². The number of carbonyl (C=O) groups excluding carboxylic acids is 2. The van der Waals surface area contributed by atoms with Crippen LogP contribution in [0.15, 0.2) is 71.6 Å². The standard InChI is InChI=1S/C26H27ClN2O6S/c1-4-34-24-12-7-6-11-23(24)29(36(32,33)20-15-13-19(27)14-16-20)17-25(30)28-22-10-8-9-21(18(22)3)26(31)35-5-2/h6-16H,4-5,17H2,1-3H3,(H,28,30). The van der Waals surface area contributed by atoms with Gasteiger partial charge in [0, 0.05) is 10.7 Å². The van der Waals surface area contributed by atoms with Gasteiger partial charge in [0.15, 0.2) is 0 Å². The van der Waals surface area contributed by atoms with Gasteiger partial charge in [-0.25, -0.2) is 13.2 Å². The molecule has 0 bridgehead atoms. The molecule has 0 fully saturated rings. The predicted molar refractivity (Wildman–Crippen MR) is 139 cm³/mol. The van der Waals surface area contributed by atoms with Crippen molar-refractivity contribution in [3.8, 4) is 5.75 Å². The summed E-state index contributed by atoms with van der Waals surface area (Å²) in [6.07, 6.45) is 0. The quantitative estimate of drug-likeness (QED) is 0.368. The SMILES string of the molecule is CCOC(=O)c1cccc(NC(=O)CN(c2ccccc2OCC)S(=O)(=O)c2ccc(Cl)cc2)c1C. The summed E-state index contributed by atoms with van der Waals surface area (Å²) in [5.41, 5.74) is 1.39. The van der Waals surface area contributed by atoms with Gasteiger partial charge in [0.25, 0.3) is 10.0 Å². The Hall–Kier alpha value is -3.56. The van der Waals surface area contributed by atoms with E-state index < -0.39 is 28.4 Å². The largest absolute Gasteiger partial charge is 0.492 e. The fourth-order valence-electron chi connectivity index (χ4n) is 3.50. The van der Waals surface area contributed by atoms with Crippen molar-refractivity contribution in [2.75, 3.05) is 29.4 Å². The van der Waals surface area contributed by atoms with Crippen molar-refractivity contribution in [3.63, 3.8) is 0 Å². The highest BCUT2D eigenvalue weighted by molar-refractivity contribution is 7.92. The molecule has 0 aliphatic rings. The van der Waals surface area contributed by atoms with Crippen LogP contribution in [0.2, 0.25) is 5.02 Å². The van der Waals surface area contributed by atoms with Crippen LogP contribution in [0.25, 0.3) is 0 Å². The first-order valence-corrected chi connectivity index (χ1v) is 13.1. The van der Waals surface area contributed by atoms with Crippen LogP contribution in [0.4, 0.5) is 11.4 Å². The first-order valence-electron chi connectivity index (χ1n) is 11.3. The van der Waals surface area contributed by atoms with E-state index in [1.54, 1.807) is 63.2 Å². The average molecular weight is 531 g/mol. The molecule has 0 radical (unpaired) electrons. The van der Waals surface area contributed by atoms with Gasteiger partial charge in [-0.1, -0.05) is 29.8 Å². The van der Waals surface area contributed by atoms with Gasteiger partial charge in [-0.15, -0.1) is 0 Å². The molecule has 3 rings (SSSR count). The Morgan fingerprint density at radius 3 is 2.31 bits per heavy atom. The number of anilines is 2. The molecule has 1 N–H and O–H groups in total. The number of para-hydroxylation sites is 2. The van der Waals surface area contributed by atoms with Crippen molar-refractivity contribution >= 4 is 44.9 Å². The number of carbonyl (C=O) groups is 2. The monoisotopic (exact) mass is 530 g/mol. The maximum atomic E-state index is 13.7. The molecule has 10 heteroatoms. The van der Waals surface area contributed by atoms with E-state index in [4.69, 9.17) is 21.1 Å². The highest BCUT2D eigenvalue weighted by atomic mass is 35.5. The van der Waals surface area contributed by atoms with E-state index in [0.29, 0.717) is 34.2 Å². The number of rotatable bonds is 10. The first-order chi connectivity index (χ1) is 17.2. The van der Waals surface area contributed by atoms with Gasteiger partial charge in [-0.3, -0.25) is 9.10 Å². The summed E-state index contributed by atoms with van der Waals surface area (Å²) in [5.74, 6) is -0.808. The Morgan fingerprint density at radius 1 is 0.944 bits per heavy atom. The molecule has 190 valence electrons. The minimum absolute atomic E-state index is 0.0357. The van der Waals surface area contributed by atoms with Crippen molar-refractivity contribution in [1.29, 1.82) is 0 Å². The van der Waals surface area contributed by atoms with Gasteiger partial charge in [-0.2, -0.15) is 0 Å². The fraction of sp³-hybridized carbons (Fsp3) is 0.231. The van der Waals surface area contributed by atoms with E-state index >= 15 is 0 Å². The first kappa shape index (κ1) is 27.0. The summed E-state index contributed by atoms with van der Waals surface area (Å²) in [7, 11) is -4.18. The number of benzene rings is 3. The minimum Gasteiger partial charge on any atom is -0.492 e. The van der Waals surface area contributed by atoms with Crippen molar-refractivity contribution in [2.24, 2.45) is 0 Å². The van der Waals surface area contributed by atoms with E-state index in [9.17, 15) is 18.0 Å². The molecule has 8 nitrogen and oxygen atoms in total. The molecule has 0 aliphatic heterocycles. The van der Waals surface area contributed by atoms with Crippen molar-refractivity contribution in [1.82, 2.24) is 0 Å². The van der Waals surface area contributed by atoms with E-state index in [1.807, 2.05) is 0 Å². The molecule has 0 aliphatic carbocycles. The van der Waals surface area contributed by atoms with Crippen LogP contribution >= 0.6 is 11.6 Å². The molecule has 1 amide bonds. The lowest BCUT2D eigenvalue weighted by Gasteiger charge is -2.26. The Bertz CT molecular complexity index is 1340. The Balaban J connectivity index is 1.99. The molecular weight excluding hydrogens is 504 g/mol. The highest BCUT2D eigenvalue weighted by Crippen LogP contribution is 2.33. The molecule has 0 unspecified atom stereocenters. The van der Waals surface area contributed by atoms with Gasteiger partial charge in [-0.05, 0) is 74.9 Å². The smallest absolute Gasteiger partial charge is 0.338 e. The van der Waals surface area contributed by atoms with E-state index in [2.05, 4.69) is 5.32 Å². The van der Waals surface area contributed by atoms with Gasteiger partial charge in [0.05, 0.1) is 29.4 Å². The molecule has 0 spiro atoms. The number of sulfonamides is 1. The Kier molecular flexibility index (Phi) is 8.95. The highest BCUT2D eigenvalue weighted by Gasteiger charge is 2.29. The third kappa shape index (κ3) is 6.16. The summed E-state index contributed by atoms with van der Waals surface area (Å²) in [6, 6.07) is 17.1. The lowest BCUT2D eigenvalue weighted by molar-refractivity contribution is -0.114. The van der Waals surface area contributed by atoms with Crippen LogP contribution < -0.4 is 14.4 Å². The van der Waals surface area contributed by atoms with E-state index in [-0.39, 0.29) is 17.2 Å². The number of amides is 1. The van der Waals surface area contributed by atoms with Gasteiger partial charge < -0.3 is 14.8 Å². The zero-order chi connectivity index (χ0) is 26.3. The van der Waals surface area contributed by atoms with Crippen LogP contribution in [0, 0.1) is 6.92 Å². The number of nitrogens with zero attached hydrogens (tertiary/aromatic N) is 1. The summed E-state index contributed by atoms with van der Waals surface area (Å²) < 4.78 is 39.0. The number of esters is 1. The van der Waals surface area contributed by atoms with Gasteiger partial charge in [0.1, 0.15) is 12.3 Å². The molecule has 0 aromatic heterocycles. The number of ether oxygens (including phenoxy) is 2. The van der Waals surface area contributed by atoms with Crippen LogP contribution in [-0.4, -0.2) is 40.1 Å². The van der Waals surface area contributed by atoms with Crippen LogP contribution in [0.3, 0.4) is 0 Å². The second-order valence-electron chi connectivity index (χ2n) is 7.61. The van der Waals surface area contributed by atoms with E-state index in [0.717, 1.165) is 4.31 Å². The topological polar surface area (TPSA) is 102 Å². The van der Waals surface area contributed by atoms with Gasteiger partial charge >= 0.3 is 5.97 Å². The van der Waals surface area contributed by atoms with Crippen molar-refractivity contribution < 1.29 is 27.5 Å². The maximum absolute atomic E-state index is 13.7. The predicted octanol–water partition coefficient (Wildman–Crippen LogP) is 5.06. The normalized spacial score (nSPS) is 11.0. The second kappa shape index (κ2) is 11.9. The summed E-state index contributed by atoms with van der Waals surface area (Å²) in [6.45, 7) is 5.13. The lowest BCUT2D eigenvalue weighted by Crippen LogP contribution is -2.38. The second-order valence-corrected chi connectivity index (χ2v) is 9.91. The van der Waals surface area contributed by atoms with Crippen LogP contribution in [-0.2, 0) is 19.6 Å². The third-order valence-electron chi connectivity index (χ3n) is 5.23. The van der Waals surface area contributed by atoms with Crippen molar-refractivity contribution in [2.45, 2.75) is 25.7 Å². The summed E-state index contributed by atoms with van der Waals surface area (Å²) in [5, 5.41) is 3.10. The Morgan fingerprint density at radius 2 is 1.64 bits per heavy atom. The summed E-state index contributed by atoms with van der Waals surface area (Å²) >= 11 is 5.94. The third-order valence-corrected chi connectivity index (χ3v) is 7.25. The molecule has 36 heavy (non-hydrogen) atoms. The fourth-order valence-corrected chi connectivity index (χ4v) is 5.05. The summed E-state index contributed by atoms with van der Waals surface area (Å²) in [4.78, 5) is 25.4. The molecule has 0 saturated carbocycles. The molecular formula is C26H27ClN2O6S. The molecule has 3 aromatic rings. The number of halogens is 1. The van der Waals surface area contributed by atoms with Crippen molar-refractivity contribution in [3.05, 3.63) is 82.9 Å². The zero-order valence-corrected chi connectivity index (χ0v) is 21.7. The van der Waals surface area contributed by atoms with Crippen LogP contribution in [0.5, 0.6) is 5.75 Å².